The van der Waals surface area contributed by atoms with E-state index in [-0.39, 0.29) is 54.4 Å². The Morgan fingerprint density at radius 2 is 1.54 bits per heavy atom. The molecule has 67 heavy (non-hydrogen) atoms. The minimum atomic E-state index is -1.04. The number of ether oxygens (including phenoxy) is 1. The topological polar surface area (TPSA) is 227 Å². The Balaban J connectivity index is 0.676. The van der Waals surface area contributed by atoms with Gasteiger partial charge in [-0.3, -0.25) is 43.8 Å². The van der Waals surface area contributed by atoms with Crippen molar-refractivity contribution in [3.8, 4) is 22.8 Å². The zero-order valence-corrected chi connectivity index (χ0v) is 37.5. The number of amides is 7. The minimum Gasteiger partial charge on any atom is -0.457 e. The van der Waals surface area contributed by atoms with E-state index in [4.69, 9.17) is 15.6 Å². The molecule has 3 fully saturated rings. The molecule has 17 heteroatoms. The fraction of sp³-hybridized carbons (Fsp3) is 0.440. The molecule has 7 amide bonds. The number of aromatic nitrogens is 2. The molecular formula is C50H57N9O8. The Hall–Kier alpha value is -7.04. The maximum atomic E-state index is 13.3. The molecule has 1 saturated carbocycles. The van der Waals surface area contributed by atoms with Gasteiger partial charge >= 0.3 is 0 Å². The third-order valence-corrected chi connectivity index (χ3v) is 14.1. The first kappa shape index (κ1) is 45.1. The number of carbonyl (C=O) groups excluding carboxylic acids is 7. The van der Waals surface area contributed by atoms with Crippen LogP contribution in [0, 0.1) is 11.8 Å². The number of anilines is 2. The maximum Gasteiger partial charge on any atom is 0.262 e. The molecule has 0 spiro atoms. The molecule has 0 bridgehead atoms. The number of hydrogen-bond acceptors (Lipinski definition) is 11. The highest BCUT2D eigenvalue weighted by Crippen LogP contribution is 2.41. The molecule has 1 aliphatic carbocycles. The van der Waals surface area contributed by atoms with E-state index in [1.54, 1.807) is 6.07 Å². The van der Waals surface area contributed by atoms with Gasteiger partial charge < -0.3 is 31.3 Å². The molecule has 1 unspecified atom stereocenters. The van der Waals surface area contributed by atoms with Gasteiger partial charge in [0, 0.05) is 49.8 Å². The monoisotopic (exact) mass is 911 g/mol. The molecule has 350 valence electrons. The summed E-state index contributed by atoms with van der Waals surface area (Å²) in [5.41, 5.74) is 8.50. The first-order chi connectivity index (χ1) is 32.5. The van der Waals surface area contributed by atoms with Crippen LogP contribution in [0.3, 0.4) is 0 Å². The second kappa shape index (κ2) is 19.8. The second-order valence-corrected chi connectivity index (χ2v) is 18.4. The molecule has 2 atom stereocenters. The molecule has 2 saturated heterocycles. The number of imide groups is 2. The van der Waals surface area contributed by atoms with Crippen LogP contribution in [-0.2, 0) is 19.2 Å². The molecule has 3 aromatic carbocycles. The smallest absolute Gasteiger partial charge is 0.262 e. The van der Waals surface area contributed by atoms with Crippen LogP contribution < -0.4 is 31.7 Å². The van der Waals surface area contributed by atoms with Crippen molar-refractivity contribution in [1.29, 1.82) is 0 Å². The van der Waals surface area contributed by atoms with Gasteiger partial charge in [-0.1, -0.05) is 31.0 Å². The average Bonchev–Trinajstić information content (AvgIpc) is 3.85. The number of rotatable bonds is 15. The van der Waals surface area contributed by atoms with Crippen molar-refractivity contribution in [3.63, 3.8) is 0 Å². The number of carbonyl (C=O) groups is 7. The number of piperidine rings is 2. The van der Waals surface area contributed by atoms with Gasteiger partial charge in [0.25, 0.3) is 17.7 Å². The molecular weight excluding hydrogens is 855 g/mol. The molecule has 1 aromatic heterocycles. The molecule has 9 rings (SSSR count). The predicted molar refractivity (Wildman–Crippen MR) is 248 cm³/mol. The highest BCUT2D eigenvalue weighted by atomic mass is 16.5. The van der Waals surface area contributed by atoms with Gasteiger partial charge in [-0.15, -0.1) is 0 Å². The Morgan fingerprint density at radius 3 is 2.27 bits per heavy atom. The number of primary amides is 1. The van der Waals surface area contributed by atoms with E-state index in [9.17, 15) is 33.6 Å². The lowest BCUT2D eigenvalue weighted by molar-refractivity contribution is -0.136. The van der Waals surface area contributed by atoms with E-state index >= 15 is 0 Å². The zero-order valence-electron chi connectivity index (χ0n) is 37.5. The van der Waals surface area contributed by atoms with Crippen LogP contribution in [0.25, 0.3) is 11.3 Å². The molecule has 4 aromatic rings. The molecule has 0 radical (unpaired) electrons. The fourth-order valence-corrected chi connectivity index (χ4v) is 10.5. The third kappa shape index (κ3) is 9.91. The Bertz CT molecular complexity index is 2540. The molecule has 17 nitrogen and oxygen atoms in total. The lowest BCUT2D eigenvalue weighted by Gasteiger charge is -2.38. The summed E-state index contributed by atoms with van der Waals surface area (Å²) in [4.78, 5) is 92.1. The normalized spacial score (nSPS) is 21.8. The summed E-state index contributed by atoms with van der Waals surface area (Å²) < 4.78 is 7.93. The summed E-state index contributed by atoms with van der Waals surface area (Å²) in [5.74, 6) is 0.170. The zero-order chi connectivity index (χ0) is 46.6. The van der Waals surface area contributed by atoms with Crippen molar-refractivity contribution in [2.24, 2.45) is 17.6 Å². The van der Waals surface area contributed by atoms with E-state index in [0.717, 1.165) is 80.4 Å². The van der Waals surface area contributed by atoms with Crippen molar-refractivity contribution in [2.75, 3.05) is 36.8 Å². The van der Waals surface area contributed by atoms with Crippen LogP contribution in [0.4, 0.5) is 11.5 Å². The quantitative estimate of drug-likeness (QED) is 0.0709. The van der Waals surface area contributed by atoms with Crippen LogP contribution in [0.1, 0.15) is 121 Å². The first-order valence-corrected chi connectivity index (χ1v) is 23.7. The van der Waals surface area contributed by atoms with Crippen molar-refractivity contribution >= 4 is 52.9 Å². The van der Waals surface area contributed by atoms with Crippen molar-refractivity contribution in [2.45, 2.75) is 102 Å². The number of para-hydroxylation sites is 1. The number of unbranched alkanes of at least 4 members (excludes halogenated alkanes) is 1. The highest BCUT2D eigenvalue weighted by Gasteiger charge is 2.45. The maximum absolute atomic E-state index is 13.3. The van der Waals surface area contributed by atoms with Gasteiger partial charge in [-0.05, 0) is 124 Å². The fourth-order valence-electron chi connectivity index (χ4n) is 10.5. The Kier molecular flexibility index (Phi) is 13.4. The van der Waals surface area contributed by atoms with E-state index in [2.05, 4.69) is 21.3 Å². The summed E-state index contributed by atoms with van der Waals surface area (Å²) in [7, 11) is 0. The van der Waals surface area contributed by atoms with Crippen LogP contribution >= 0.6 is 0 Å². The van der Waals surface area contributed by atoms with Crippen molar-refractivity contribution in [1.82, 2.24) is 30.2 Å². The van der Waals surface area contributed by atoms with Crippen LogP contribution in [0.5, 0.6) is 11.5 Å². The SMILES string of the molecule is NC(=O)c1c(-c2ccc(Oc3ccccc3)cc2)nn2c1NCC[C@H]2C1CCN(C(=O)CCCCC2CCC(NC(=O)CNc3ccc4c(c3)C(=O)N(C3CCC(=O)NC3=O)C4=O)CC2)CC1. The summed E-state index contributed by atoms with van der Waals surface area (Å²) in [6, 6.07) is 20.8. The third-order valence-electron chi connectivity index (χ3n) is 14.1. The van der Waals surface area contributed by atoms with Gasteiger partial charge in [0.2, 0.25) is 23.6 Å². The van der Waals surface area contributed by atoms with Crippen LogP contribution in [0.15, 0.2) is 72.8 Å². The number of nitrogens with two attached hydrogens (primary N) is 1. The number of benzene rings is 3. The van der Waals surface area contributed by atoms with Crippen LogP contribution in [0.2, 0.25) is 0 Å². The molecule has 4 aliphatic heterocycles. The average molecular weight is 912 g/mol. The number of fused-ring (bicyclic) bond motifs is 2. The highest BCUT2D eigenvalue weighted by molar-refractivity contribution is 6.23. The summed E-state index contributed by atoms with van der Waals surface area (Å²) >= 11 is 0. The van der Waals surface area contributed by atoms with E-state index < -0.39 is 35.6 Å². The number of nitrogens with zero attached hydrogens (tertiary/aromatic N) is 4. The number of hydrogen-bond donors (Lipinski definition) is 5. The largest absolute Gasteiger partial charge is 0.457 e. The lowest BCUT2D eigenvalue weighted by Crippen LogP contribution is -2.54. The Morgan fingerprint density at radius 1 is 0.806 bits per heavy atom. The van der Waals surface area contributed by atoms with E-state index in [1.807, 2.05) is 64.2 Å². The van der Waals surface area contributed by atoms with E-state index in [1.165, 1.54) is 12.1 Å². The lowest BCUT2D eigenvalue weighted by atomic mass is 9.83. The molecule has 6 N–H and O–H groups in total. The van der Waals surface area contributed by atoms with Gasteiger partial charge in [0.05, 0.1) is 23.7 Å². The van der Waals surface area contributed by atoms with Crippen molar-refractivity contribution < 1.29 is 38.3 Å². The number of likely N-dealkylation sites (tertiary alicyclic amines) is 1. The molecule has 5 aliphatic rings. The first-order valence-electron chi connectivity index (χ1n) is 23.7. The predicted octanol–water partition coefficient (Wildman–Crippen LogP) is 5.79. The van der Waals surface area contributed by atoms with Crippen molar-refractivity contribution in [3.05, 3.63) is 89.5 Å². The molecule has 5 heterocycles. The van der Waals surface area contributed by atoms with E-state index in [0.29, 0.717) is 66.4 Å². The van der Waals surface area contributed by atoms with Crippen LogP contribution in [-0.4, -0.2) is 99.2 Å². The second-order valence-electron chi connectivity index (χ2n) is 18.4. The summed E-state index contributed by atoms with van der Waals surface area (Å²) in [6.07, 6.45) is 9.93. The summed E-state index contributed by atoms with van der Waals surface area (Å²) in [5, 5.41) is 16.8. The van der Waals surface area contributed by atoms with Gasteiger partial charge in [0.1, 0.15) is 34.6 Å². The van der Waals surface area contributed by atoms with Gasteiger partial charge in [0.15, 0.2) is 0 Å². The summed E-state index contributed by atoms with van der Waals surface area (Å²) in [6.45, 7) is 2.10. The minimum absolute atomic E-state index is 0.00597. The standard InChI is InChI=1S/C50H57N9O8/c51-46(63)44-45(32-12-17-36(18-13-32)67-35-7-2-1-3-8-35)56-59-39(22-25-52-47(44)59)31-23-26-57(27-24-31)43(62)9-5-4-6-30-10-14-33(15-11-30)54-42(61)29-53-34-16-19-37-38(28-34)50(66)58(49(37)65)40-20-21-41(60)55-48(40)64/h1-3,7-8,12-13,16-19,28,30-31,33,39-40,52-53H,4-6,9-11,14-15,20-27,29H2,(H2,51,63)(H,54,61)(H,55,60,64)/t30?,33?,39-,40?/m0/s1. The Labute approximate surface area is 388 Å². The number of nitrogens with one attached hydrogen (secondary N) is 4. The van der Waals surface area contributed by atoms with Gasteiger partial charge in [-0.25, -0.2) is 4.68 Å². The van der Waals surface area contributed by atoms with Gasteiger partial charge in [-0.2, -0.15) is 5.10 Å².